The summed E-state index contributed by atoms with van der Waals surface area (Å²) in [6.45, 7) is 3.63. The van der Waals surface area contributed by atoms with Crippen LogP contribution in [0.25, 0.3) is 0 Å². The highest BCUT2D eigenvalue weighted by atomic mass is 16.3. The lowest BCUT2D eigenvalue weighted by atomic mass is 9.90. The Kier molecular flexibility index (Phi) is 7.03. The van der Waals surface area contributed by atoms with Crippen molar-refractivity contribution in [3.05, 3.63) is 0 Å². The molecule has 0 spiro atoms. The topological polar surface area (TPSA) is 32.3 Å². The van der Waals surface area contributed by atoms with Crippen LogP contribution in [-0.4, -0.2) is 24.3 Å². The molecule has 1 fully saturated rings. The van der Waals surface area contributed by atoms with Crippen LogP contribution in [0.2, 0.25) is 0 Å². The normalized spacial score (nSPS) is 21.2. The fourth-order valence-corrected chi connectivity index (χ4v) is 2.69. The Morgan fingerprint density at radius 1 is 1.20 bits per heavy atom. The predicted molar refractivity (Wildman–Crippen MR) is 65.0 cm³/mol. The maximum Gasteiger partial charge on any atom is 0.0445 e. The summed E-state index contributed by atoms with van der Waals surface area (Å²) in [7, 11) is 0. The molecule has 1 aliphatic rings. The van der Waals surface area contributed by atoms with Gasteiger partial charge in [-0.3, -0.25) is 0 Å². The van der Waals surface area contributed by atoms with Gasteiger partial charge in [0.15, 0.2) is 0 Å². The number of aliphatic hydroxyl groups is 1. The van der Waals surface area contributed by atoms with Crippen LogP contribution in [0.3, 0.4) is 0 Å². The minimum absolute atomic E-state index is 0.331. The molecular formula is C13H27NO. The summed E-state index contributed by atoms with van der Waals surface area (Å²) in [5.41, 5.74) is 0. The zero-order valence-electron chi connectivity index (χ0n) is 10.2. The van der Waals surface area contributed by atoms with Crippen LogP contribution in [0.5, 0.6) is 0 Å². The summed E-state index contributed by atoms with van der Waals surface area (Å²) in [5, 5.41) is 12.7. The van der Waals surface area contributed by atoms with Gasteiger partial charge in [-0.05, 0) is 38.1 Å². The molecule has 15 heavy (non-hydrogen) atoms. The average Bonchev–Trinajstić information content (AvgIpc) is 2.52. The molecule has 0 aromatic carbocycles. The van der Waals surface area contributed by atoms with Crippen LogP contribution < -0.4 is 5.32 Å². The molecular weight excluding hydrogens is 186 g/mol. The van der Waals surface area contributed by atoms with Gasteiger partial charge in [-0.1, -0.05) is 32.6 Å². The van der Waals surface area contributed by atoms with E-state index >= 15 is 0 Å². The van der Waals surface area contributed by atoms with Gasteiger partial charge in [0.1, 0.15) is 0 Å². The molecule has 0 saturated heterocycles. The standard InChI is InChI=1S/C13H27NO/c1-2-10-14-13(9-11-15)12-7-5-3-4-6-8-12/h12-15H,2-11H2,1H3. The molecule has 0 aromatic heterocycles. The average molecular weight is 213 g/mol. The maximum absolute atomic E-state index is 9.10. The van der Waals surface area contributed by atoms with E-state index in [0.29, 0.717) is 12.6 Å². The summed E-state index contributed by atoms with van der Waals surface area (Å²) in [6, 6.07) is 0.563. The highest BCUT2D eigenvalue weighted by molar-refractivity contribution is 4.78. The molecule has 1 rings (SSSR count). The van der Waals surface area contributed by atoms with Gasteiger partial charge in [-0.2, -0.15) is 0 Å². The third-order valence-electron chi connectivity index (χ3n) is 3.57. The molecule has 0 radical (unpaired) electrons. The summed E-state index contributed by atoms with van der Waals surface area (Å²) in [6.07, 6.45) is 10.5. The van der Waals surface area contributed by atoms with E-state index in [-0.39, 0.29) is 0 Å². The van der Waals surface area contributed by atoms with E-state index in [0.717, 1.165) is 18.9 Å². The van der Waals surface area contributed by atoms with Gasteiger partial charge in [-0.15, -0.1) is 0 Å². The van der Waals surface area contributed by atoms with Crippen molar-refractivity contribution in [1.82, 2.24) is 5.32 Å². The highest BCUT2D eigenvalue weighted by Gasteiger charge is 2.21. The van der Waals surface area contributed by atoms with Gasteiger partial charge < -0.3 is 10.4 Å². The zero-order valence-corrected chi connectivity index (χ0v) is 10.2. The van der Waals surface area contributed by atoms with Crippen molar-refractivity contribution >= 4 is 0 Å². The molecule has 0 heterocycles. The van der Waals surface area contributed by atoms with E-state index in [1.807, 2.05) is 0 Å². The second kappa shape index (κ2) is 8.12. The summed E-state index contributed by atoms with van der Waals surface area (Å²) >= 11 is 0. The molecule has 1 atom stereocenters. The first kappa shape index (κ1) is 13.0. The third kappa shape index (κ3) is 4.98. The van der Waals surface area contributed by atoms with E-state index in [1.54, 1.807) is 0 Å². The van der Waals surface area contributed by atoms with Gasteiger partial charge >= 0.3 is 0 Å². The van der Waals surface area contributed by atoms with Gasteiger partial charge in [0, 0.05) is 12.6 Å². The quantitative estimate of drug-likeness (QED) is 0.665. The van der Waals surface area contributed by atoms with Crippen molar-refractivity contribution in [2.75, 3.05) is 13.2 Å². The number of hydrogen-bond donors (Lipinski definition) is 2. The van der Waals surface area contributed by atoms with Crippen molar-refractivity contribution in [2.45, 2.75) is 64.3 Å². The molecule has 0 aliphatic heterocycles. The summed E-state index contributed by atoms with van der Waals surface area (Å²) in [5.74, 6) is 0.811. The number of rotatable bonds is 6. The molecule has 1 saturated carbocycles. The van der Waals surface area contributed by atoms with E-state index in [9.17, 15) is 0 Å². The van der Waals surface area contributed by atoms with Gasteiger partial charge in [0.25, 0.3) is 0 Å². The Morgan fingerprint density at radius 3 is 2.40 bits per heavy atom. The van der Waals surface area contributed by atoms with Crippen molar-refractivity contribution in [3.8, 4) is 0 Å². The van der Waals surface area contributed by atoms with Crippen LogP contribution in [-0.2, 0) is 0 Å². The van der Waals surface area contributed by atoms with Crippen molar-refractivity contribution in [1.29, 1.82) is 0 Å². The molecule has 1 unspecified atom stereocenters. The largest absolute Gasteiger partial charge is 0.396 e. The highest BCUT2D eigenvalue weighted by Crippen LogP contribution is 2.26. The molecule has 2 nitrogen and oxygen atoms in total. The van der Waals surface area contributed by atoms with E-state index in [2.05, 4.69) is 12.2 Å². The van der Waals surface area contributed by atoms with E-state index in [1.165, 1.54) is 44.9 Å². The molecule has 1 aliphatic carbocycles. The minimum Gasteiger partial charge on any atom is -0.396 e. The van der Waals surface area contributed by atoms with Crippen LogP contribution in [0.1, 0.15) is 58.3 Å². The van der Waals surface area contributed by atoms with Crippen LogP contribution in [0.4, 0.5) is 0 Å². The first-order chi connectivity index (χ1) is 7.38. The Hall–Kier alpha value is -0.0800. The lowest BCUT2D eigenvalue weighted by molar-refractivity contribution is 0.224. The number of hydrogen-bond acceptors (Lipinski definition) is 2. The van der Waals surface area contributed by atoms with E-state index < -0.39 is 0 Å². The fraction of sp³-hybridized carbons (Fsp3) is 1.00. The molecule has 2 N–H and O–H groups in total. The summed E-state index contributed by atoms with van der Waals surface area (Å²) < 4.78 is 0. The SMILES string of the molecule is CCCNC(CCO)C1CCCCCC1. The second-order valence-corrected chi connectivity index (χ2v) is 4.82. The number of nitrogens with one attached hydrogen (secondary N) is 1. The molecule has 90 valence electrons. The first-order valence-electron chi connectivity index (χ1n) is 6.72. The smallest absolute Gasteiger partial charge is 0.0445 e. The second-order valence-electron chi connectivity index (χ2n) is 4.82. The van der Waals surface area contributed by atoms with Crippen LogP contribution in [0.15, 0.2) is 0 Å². The zero-order chi connectivity index (χ0) is 10.9. The molecule has 0 aromatic rings. The lowest BCUT2D eigenvalue weighted by Gasteiger charge is -2.26. The van der Waals surface area contributed by atoms with Crippen molar-refractivity contribution < 1.29 is 5.11 Å². The minimum atomic E-state index is 0.331. The van der Waals surface area contributed by atoms with Crippen molar-refractivity contribution in [3.63, 3.8) is 0 Å². The first-order valence-corrected chi connectivity index (χ1v) is 6.72. The Labute approximate surface area is 94.5 Å². The fourth-order valence-electron chi connectivity index (χ4n) is 2.69. The lowest BCUT2D eigenvalue weighted by Crippen LogP contribution is -2.37. The Balaban J connectivity index is 2.36. The molecule has 0 amide bonds. The summed E-state index contributed by atoms with van der Waals surface area (Å²) in [4.78, 5) is 0. The Bertz CT molecular complexity index is 141. The predicted octanol–water partition coefficient (Wildman–Crippen LogP) is 2.71. The van der Waals surface area contributed by atoms with Crippen molar-refractivity contribution in [2.24, 2.45) is 5.92 Å². The molecule has 0 bridgehead atoms. The van der Waals surface area contributed by atoms with Crippen LogP contribution >= 0.6 is 0 Å². The maximum atomic E-state index is 9.10. The van der Waals surface area contributed by atoms with Gasteiger partial charge in [0.05, 0.1) is 0 Å². The van der Waals surface area contributed by atoms with Gasteiger partial charge in [-0.25, -0.2) is 0 Å². The monoisotopic (exact) mass is 213 g/mol. The van der Waals surface area contributed by atoms with Crippen LogP contribution in [0, 0.1) is 5.92 Å². The van der Waals surface area contributed by atoms with Gasteiger partial charge in [0.2, 0.25) is 0 Å². The Morgan fingerprint density at radius 2 is 1.87 bits per heavy atom. The number of aliphatic hydroxyl groups excluding tert-OH is 1. The van der Waals surface area contributed by atoms with E-state index in [4.69, 9.17) is 5.11 Å². The third-order valence-corrected chi connectivity index (χ3v) is 3.57. The molecule has 2 heteroatoms.